The van der Waals surface area contributed by atoms with Gasteiger partial charge < -0.3 is 4.90 Å². The molecule has 10 heteroatoms. The average Bonchev–Trinajstić information content (AvgIpc) is 3.52. The largest absolute Gasteiger partial charge is 0.302 e. The van der Waals surface area contributed by atoms with Gasteiger partial charge in [0.15, 0.2) is 5.13 Å². The van der Waals surface area contributed by atoms with Crippen molar-refractivity contribution in [2.75, 3.05) is 44.2 Å². The van der Waals surface area contributed by atoms with Gasteiger partial charge in [-0.1, -0.05) is 37.3 Å². The number of likely N-dealkylation sites (N-methyl/N-ethyl adjacent to an activating group) is 1. The lowest BCUT2D eigenvalue weighted by Gasteiger charge is -2.25. The Morgan fingerprint density at radius 2 is 1.65 bits per heavy atom. The number of amides is 1. The third-order valence-corrected chi connectivity index (χ3v) is 9.07. The zero-order chi connectivity index (χ0) is 23.4. The number of fused-ring (bicyclic) bond motifs is 1. The summed E-state index contributed by atoms with van der Waals surface area (Å²) in [5.41, 5.74) is 1.32. The van der Waals surface area contributed by atoms with Crippen LogP contribution in [0.4, 0.5) is 5.13 Å². The highest BCUT2D eigenvalue weighted by Crippen LogP contribution is 2.30. The quantitative estimate of drug-likeness (QED) is 0.414. The van der Waals surface area contributed by atoms with Gasteiger partial charge in [-0.25, -0.2) is 13.4 Å². The van der Waals surface area contributed by atoms with Crippen LogP contribution in [0.2, 0.25) is 0 Å². The number of carbonyl (C=O) groups is 1. The second kappa shape index (κ2) is 11.6. The van der Waals surface area contributed by atoms with Crippen LogP contribution in [0.5, 0.6) is 0 Å². The predicted molar refractivity (Wildman–Crippen MR) is 141 cm³/mol. The standard InChI is InChI=1S/C24H30N4O3S2.ClH/c1-3-26(4-2)17-18-28(24-25-21-9-5-6-10-22(21)32-24)23(29)19-11-13-20(14-12-19)33(30,31)27-15-7-8-16-27;/h5-6,9-14H,3-4,7-8,15-18H2,1-2H3;1H. The minimum atomic E-state index is -3.51. The van der Waals surface area contributed by atoms with E-state index in [1.807, 2.05) is 24.3 Å². The highest BCUT2D eigenvalue weighted by Gasteiger charge is 2.28. The van der Waals surface area contributed by atoms with Crippen LogP contribution in [0.25, 0.3) is 10.2 Å². The molecule has 1 fully saturated rings. The van der Waals surface area contributed by atoms with Crippen molar-refractivity contribution in [3.05, 3.63) is 54.1 Å². The molecule has 0 aliphatic carbocycles. The molecule has 7 nitrogen and oxygen atoms in total. The average molecular weight is 523 g/mol. The van der Waals surface area contributed by atoms with E-state index in [-0.39, 0.29) is 23.2 Å². The first-order valence-corrected chi connectivity index (χ1v) is 13.7. The van der Waals surface area contributed by atoms with Crippen LogP contribution >= 0.6 is 23.7 Å². The minimum Gasteiger partial charge on any atom is -0.302 e. The summed E-state index contributed by atoms with van der Waals surface area (Å²) >= 11 is 1.49. The van der Waals surface area contributed by atoms with Gasteiger partial charge >= 0.3 is 0 Å². The summed E-state index contributed by atoms with van der Waals surface area (Å²) in [6.07, 6.45) is 1.78. The van der Waals surface area contributed by atoms with Gasteiger partial charge in [0.1, 0.15) is 0 Å². The fraction of sp³-hybridized carbons (Fsp3) is 0.417. The molecule has 1 amide bonds. The molecule has 1 aliphatic heterocycles. The highest BCUT2D eigenvalue weighted by molar-refractivity contribution is 7.89. The number of carbonyl (C=O) groups excluding carboxylic acids is 1. The van der Waals surface area contributed by atoms with E-state index in [1.54, 1.807) is 29.2 Å². The second-order valence-electron chi connectivity index (χ2n) is 8.08. The summed E-state index contributed by atoms with van der Waals surface area (Å²) in [5, 5.41) is 0.655. The summed E-state index contributed by atoms with van der Waals surface area (Å²) in [4.78, 5) is 22.5. The molecule has 2 aromatic carbocycles. The Bertz CT molecular complexity index is 1170. The Hall–Kier alpha value is -2.04. The van der Waals surface area contributed by atoms with E-state index in [2.05, 4.69) is 18.7 Å². The lowest BCUT2D eigenvalue weighted by atomic mass is 10.2. The molecule has 1 saturated heterocycles. The fourth-order valence-electron chi connectivity index (χ4n) is 4.04. The number of nitrogens with zero attached hydrogens (tertiary/aromatic N) is 4. The molecule has 0 saturated carbocycles. The van der Waals surface area contributed by atoms with Gasteiger partial charge in [0.2, 0.25) is 10.0 Å². The molecule has 4 rings (SSSR count). The van der Waals surface area contributed by atoms with E-state index in [4.69, 9.17) is 4.98 Å². The van der Waals surface area contributed by atoms with Crippen molar-refractivity contribution in [3.63, 3.8) is 0 Å². The maximum Gasteiger partial charge on any atom is 0.260 e. The van der Waals surface area contributed by atoms with Crippen molar-refractivity contribution in [2.24, 2.45) is 0 Å². The smallest absolute Gasteiger partial charge is 0.260 e. The molecule has 34 heavy (non-hydrogen) atoms. The monoisotopic (exact) mass is 522 g/mol. The molecule has 1 aromatic heterocycles. The fourth-order valence-corrected chi connectivity index (χ4v) is 6.55. The van der Waals surface area contributed by atoms with Gasteiger partial charge in [0, 0.05) is 31.7 Å². The van der Waals surface area contributed by atoms with Crippen LogP contribution in [0.3, 0.4) is 0 Å². The van der Waals surface area contributed by atoms with Gasteiger partial charge in [0.05, 0.1) is 15.1 Å². The number of thiazole rings is 1. The molecule has 1 aliphatic rings. The second-order valence-corrected chi connectivity index (χ2v) is 11.0. The Balaban J connectivity index is 0.00000324. The summed E-state index contributed by atoms with van der Waals surface area (Å²) in [6.45, 7) is 8.37. The molecule has 0 unspecified atom stereocenters. The molecule has 184 valence electrons. The number of hydrogen-bond acceptors (Lipinski definition) is 6. The van der Waals surface area contributed by atoms with Gasteiger partial charge in [-0.15, -0.1) is 12.4 Å². The normalized spacial score (nSPS) is 14.4. The number of anilines is 1. The van der Waals surface area contributed by atoms with Crippen LogP contribution in [-0.2, 0) is 10.0 Å². The van der Waals surface area contributed by atoms with Gasteiger partial charge in [-0.3, -0.25) is 9.69 Å². The molecule has 0 N–H and O–H groups in total. The van der Waals surface area contributed by atoms with Gasteiger partial charge in [-0.05, 0) is 62.3 Å². The zero-order valence-corrected chi connectivity index (χ0v) is 22.0. The first kappa shape index (κ1) is 26.6. The molecule has 3 aromatic rings. The number of halogens is 1. The maximum absolute atomic E-state index is 13.5. The molecular formula is C24H31ClN4O3S2. The Morgan fingerprint density at radius 3 is 2.26 bits per heavy atom. The van der Waals surface area contributed by atoms with E-state index in [1.165, 1.54) is 15.6 Å². The molecule has 2 heterocycles. The number of benzene rings is 2. The molecule has 0 spiro atoms. The number of para-hydroxylation sites is 1. The van der Waals surface area contributed by atoms with E-state index in [9.17, 15) is 13.2 Å². The molecule has 0 radical (unpaired) electrons. The third-order valence-electron chi connectivity index (χ3n) is 6.10. The summed E-state index contributed by atoms with van der Waals surface area (Å²) in [6, 6.07) is 14.2. The Kier molecular flexibility index (Phi) is 9.06. The van der Waals surface area contributed by atoms with Crippen LogP contribution in [0.15, 0.2) is 53.4 Å². The van der Waals surface area contributed by atoms with Crippen LogP contribution in [0, 0.1) is 0 Å². The first-order valence-electron chi connectivity index (χ1n) is 11.4. The summed E-state index contributed by atoms with van der Waals surface area (Å²) in [7, 11) is -3.51. The summed E-state index contributed by atoms with van der Waals surface area (Å²) in [5.74, 6) is -0.175. The lowest BCUT2D eigenvalue weighted by molar-refractivity contribution is 0.0983. The van der Waals surface area contributed by atoms with E-state index < -0.39 is 10.0 Å². The molecule has 0 atom stereocenters. The molecular weight excluding hydrogens is 492 g/mol. The predicted octanol–water partition coefficient (Wildman–Crippen LogP) is 4.49. The first-order chi connectivity index (χ1) is 15.9. The minimum absolute atomic E-state index is 0. The van der Waals surface area contributed by atoms with Crippen molar-refractivity contribution in [1.29, 1.82) is 0 Å². The van der Waals surface area contributed by atoms with E-state index in [0.29, 0.717) is 30.3 Å². The van der Waals surface area contributed by atoms with Gasteiger partial charge in [-0.2, -0.15) is 4.31 Å². The number of aromatic nitrogens is 1. The van der Waals surface area contributed by atoms with Crippen molar-refractivity contribution < 1.29 is 13.2 Å². The van der Waals surface area contributed by atoms with E-state index in [0.717, 1.165) is 42.7 Å². The highest BCUT2D eigenvalue weighted by atomic mass is 35.5. The maximum atomic E-state index is 13.5. The van der Waals surface area contributed by atoms with Crippen molar-refractivity contribution in [3.8, 4) is 0 Å². The molecule has 0 bridgehead atoms. The topological polar surface area (TPSA) is 73.8 Å². The van der Waals surface area contributed by atoms with Crippen molar-refractivity contribution >= 4 is 55.0 Å². The van der Waals surface area contributed by atoms with Gasteiger partial charge in [0.25, 0.3) is 5.91 Å². The van der Waals surface area contributed by atoms with Crippen LogP contribution < -0.4 is 4.90 Å². The van der Waals surface area contributed by atoms with Crippen LogP contribution in [-0.4, -0.2) is 67.8 Å². The Morgan fingerprint density at radius 1 is 1.00 bits per heavy atom. The zero-order valence-electron chi connectivity index (χ0n) is 19.5. The van der Waals surface area contributed by atoms with Crippen LogP contribution in [0.1, 0.15) is 37.0 Å². The lowest BCUT2D eigenvalue weighted by Crippen LogP contribution is -2.38. The summed E-state index contributed by atoms with van der Waals surface area (Å²) < 4.78 is 28.2. The van der Waals surface area contributed by atoms with Crippen molar-refractivity contribution in [1.82, 2.24) is 14.2 Å². The number of sulfonamides is 1. The third kappa shape index (κ3) is 5.60. The Labute approximate surface area is 211 Å². The SMILES string of the molecule is CCN(CC)CCN(C(=O)c1ccc(S(=O)(=O)N2CCCC2)cc1)c1nc2ccccc2s1.Cl. The number of hydrogen-bond donors (Lipinski definition) is 0. The van der Waals surface area contributed by atoms with E-state index >= 15 is 0 Å². The van der Waals surface area contributed by atoms with Crippen molar-refractivity contribution in [2.45, 2.75) is 31.6 Å². The number of rotatable bonds is 9.